The van der Waals surface area contributed by atoms with Crippen LogP contribution in [0.5, 0.6) is 5.75 Å². The van der Waals surface area contributed by atoms with Gasteiger partial charge in [0.2, 0.25) is 0 Å². The highest BCUT2D eigenvalue weighted by atomic mass is 35.5. The van der Waals surface area contributed by atoms with E-state index in [0.29, 0.717) is 43.3 Å². The predicted octanol–water partition coefficient (Wildman–Crippen LogP) is 3.25. The number of rotatable bonds is 7. The number of hydrogen-bond acceptors (Lipinski definition) is 5. The Kier molecular flexibility index (Phi) is 9.81. The second-order valence-corrected chi connectivity index (χ2v) is 7.19. The van der Waals surface area contributed by atoms with Gasteiger partial charge >= 0.3 is 0 Å². The minimum absolute atomic E-state index is 0. The van der Waals surface area contributed by atoms with Gasteiger partial charge in [-0.05, 0) is 42.7 Å². The van der Waals surface area contributed by atoms with Crippen LogP contribution in [-0.4, -0.2) is 40.6 Å². The molecule has 0 spiro atoms. The van der Waals surface area contributed by atoms with Crippen molar-refractivity contribution in [1.29, 1.82) is 0 Å². The summed E-state index contributed by atoms with van der Waals surface area (Å²) in [4.78, 5) is 4.04. The fourth-order valence-electron chi connectivity index (χ4n) is 3.30. The lowest BCUT2D eigenvalue weighted by molar-refractivity contribution is 0.0438. The third kappa shape index (κ3) is 6.79. The standard InChI is InChI=1S/C19H23ClN2O3.2ClH/c20-15-5-3-14(4-6-15)10-22-12-19(8-17(23)18(24)9-19)13-25-16-2-1-7-21-11-16;;/h1-7,11,17-18,22-24H,8-10,12-13H2;2*1H/t17-,18+,19?;;. The first-order valence-electron chi connectivity index (χ1n) is 8.40. The van der Waals surface area contributed by atoms with Crippen molar-refractivity contribution in [3.05, 3.63) is 59.4 Å². The van der Waals surface area contributed by atoms with E-state index in [2.05, 4.69) is 10.3 Å². The highest BCUT2D eigenvalue weighted by Gasteiger charge is 2.44. The molecule has 3 rings (SSSR count). The number of halogens is 3. The zero-order chi connectivity index (χ0) is 17.7. The van der Waals surface area contributed by atoms with Crippen LogP contribution in [0.3, 0.4) is 0 Å². The van der Waals surface area contributed by atoms with E-state index >= 15 is 0 Å². The molecule has 1 fully saturated rings. The Hall–Kier alpha value is -1.08. The van der Waals surface area contributed by atoms with Crippen LogP contribution in [0.1, 0.15) is 18.4 Å². The van der Waals surface area contributed by atoms with Crippen molar-refractivity contribution in [2.24, 2.45) is 5.41 Å². The zero-order valence-electron chi connectivity index (χ0n) is 14.8. The smallest absolute Gasteiger partial charge is 0.137 e. The maximum atomic E-state index is 10.0. The zero-order valence-corrected chi connectivity index (χ0v) is 17.1. The van der Waals surface area contributed by atoms with E-state index in [0.717, 1.165) is 5.56 Å². The molecule has 2 aromatic rings. The molecule has 1 aromatic heterocycles. The molecule has 8 heteroatoms. The van der Waals surface area contributed by atoms with Crippen LogP contribution in [0, 0.1) is 5.41 Å². The number of benzene rings is 1. The van der Waals surface area contributed by atoms with Crippen molar-refractivity contribution in [2.75, 3.05) is 13.2 Å². The summed E-state index contributed by atoms with van der Waals surface area (Å²) in [6.07, 6.45) is 2.93. The molecule has 1 unspecified atom stereocenters. The Morgan fingerprint density at radius 3 is 2.37 bits per heavy atom. The molecule has 5 nitrogen and oxygen atoms in total. The first-order valence-corrected chi connectivity index (χ1v) is 8.78. The average molecular weight is 436 g/mol. The molecule has 3 atom stereocenters. The molecule has 1 saturated carbocycles. The van der Waals surface area contributed by atoms with Crippen LogP contribution in [-0.2, 0) is 6.54 Å². The monoisotopic (exact) mass is 434 g/mol. The van der Waals surface area contributed by atoms with E-state index in [-0.39, 0.29) is 30.2 Å². The van der Waals surface area contributed by atoms with Crippen molar-refractivity contribution in [1.82, 2.24) is 10.3 Å². The lowest BCUT2D eigenvalue weighted by atomic mass is 9.86. The van der Waals surface area contributed by atoms with Crippen LogP contribution in [0.2, 0.25) is 5.02 Å². The summed E-state index contributed by atoms with van der Waals surface area (Å²) >= 11 is 5.91. The summed E-state index contributed by atoms with van der Waals surface area (Å²) in [5.74, 6) is 0.690. The molecular formula is C19H25Cl3N2O3. The van der Waals surface area contributed by atoms with Gasteiger partial charge in [0.05, 0.1) is 25.0 Å². The van der Waals surface area contributed by atoms with Crippen LogP contribution in [0.15, 0.2) is 48.8 Å². The van der Waals surface area contributed by atoms with Crippen molar-refractivity contribution in [3.63, 3.8) is 0 Å². The molecule has 27 heavy (non-hydrogen) atoms. The Morgan fingerprint density at radius 2 is 1.78 bits per heavy atom. The summed E-state index contributed by atoms with van der Waals surface area (Å²) < 4.78 is 5.87. The molecular weight excluding hydrogens is 411 g/mol. The second kappa shape index (κ2) is 11.1. The molecule has 3 N–H and O–H groups in total. The van der Waals surface area contributed by atoms with Gasteiger partial charge in [-0.3, -0.25) is 4.98 Å². The minimum atomic E-state index is -0.713. The summed E-state index contributed by atoms with van der Waals surface area (Å²) in [6.45, 7) is 1.75. The van der Waals surface area contributed by atoms with Gasteiger partial charge in [-0.15, -0.1) is 24.8 Å². The molecule has 1 heterocycles. The summed E-state index contributed by atoms with van der Waals surface area (Å²) in [5.41, 5.74) is 0.813. The Bertz CT molecular complexity index is 664. The van der Waals surface area contributed by atoms with Crippen LogP contribution in [0.4, 0.5) is 0 Å². The minimum Gasteiger partial charge on any atom is -0.491 e. The van der Waals surface area contributed by atoms with E-state index < -0.39 is 12.2 Å². The number of hydrogen-bond donors (Lipinski definition) is 3. The Balaban J connectivity index is 0.00000182. The number of aliphatic hydroxyl groups excluding tert-OH is 2. The van der Waals surface area contributed by atoms with Crippen molar-refractivity contribution >= 4 is 36.4 Å². The second-order valence-electron chi connectivity index (χ2n) is 6.75. The fourth-order valence-corrected chi connectivity index (χ4v) is 3.43. The van der Waals surface area contributed by atoms with Crippen molar-refractivity contribution < 1.29 is 14.9 Å². The summed E-state index contributed by atoms with van der Waals surface area (Å²) in [6, 6.07) is 11.4. The summed E-state index contributed by atoms with van der Waals surface area (Å²) in [5, 5.41) is 24.2. The van der Waals surface area contributed by atoms with E-state index in [1.54, 1.807) is 12.4 Å². The van der Waals surface area contributed by atoms with E-state index in [4.69, 9.17) is 16.3 Å². The van der Waals surface area contributed by atoms with E-state index in [1.165, 1.54) is 0 Å². The van der Waals surface area contributed by atoms with Gasteiger partial charge < -0.3 is 20.3 Å². The predicted molar refractivity (Wildman–Crippen MR) is 111 cm³/mol. The highest BCUT2D eigenvalue weighted by Crippen LogP contribution is 2.38. The first-order chi connectivity index (χ1) is 12.1. The van der Waals surface area contributed by atoms with Gasteiger partial charge in [0.15, 0.2) is 0 Å². The summed E-state index contributed by atoms with van der Waals surface area (Å²) in [7, 11) is 0. The molecule has 150 valence electrons. The number of aliphatic hydroxyl groups is 2. The highest BCUT2D eigenvalue weighted by molar-refractivity contribution is 6.30. The molecule has 1 aromatic carbocycles. The van der Waals surface area contributed by atoms with Gasteiger partial charge in [0, 0.05) is 29.7 Å². The van der Waals surface area contributed by atoms with Crippen LogP contribution >= 0.6 is 36.4 Å². The van der Waals surface area contributed by atoms with Gasteiger partial charge in [-0.2, -0.15) is 0 Å². The third-order valence-corrected chi connectivity index (χ3v) is 4.90. The number of pyridine rings is 1. The van der Waals surface area contributed by atoms with Gasteiger partial charge in [-0.1, -0.05) is 23.7 Å². The van der Waals surface area contributed by atoms with Crippen LogP contribution < -0.4 is 10.1 Å². The Morgan fingerprint density at radius 1 is 1.11 bits per heavy atom. The maximum absolute atomic E-state index is 10.0. The van der Waals surface area contributed by atoms with E-state index in [1.807, 2.05) is 36.4 Å². The lowest BCUT2D eigenvalue weighted by Gasteiger charge is -2.29. The lowest BCUT2D eigenvalue weighted by Crippen LogP contribution is -2.37. The largest absolute Gasteiger partial charge is 0.491 e. The third-order valence-electron chi connectivity index (χ3n) is 4.65. The molecule has 1 aliphatic carbocycles. The average Bonchev–Trinajstić information content (AvgIpc) is 2.90. The molecule has 0 radical (unpaired) electrons. The van der Waals surface area contributed by atoms with Gasteiger partial charge in [-0.25, -0.2) is 0 Å². The molecule has 0 bridgehead atoms. The molecule has 0 aliphatic heterocycles. The molecule has 0 saturated heterocycles. The number of aromatic nitrogens is 1. The van der Waals surface area contributed by atoms with Crippen molar-refractivity contribution in [3.8, 4) is 5.75 Å². The molecule has 1 aliphatic rings. The SMILES string of the molecule is Cl.Cl.O[C@@H]1CC(CNCc2ccc(Cl)cc2)(COc2cccnc2)C[C@@H]1O. The van der Waals surface area contributed by atoms with Crippen LogP contribution in [0.25, 0.3) is 0 Å². The maximum Gasteiger partial charge on any atom is 0.137 e. The quantitative estimate of drug-likeness (QED) is 0.622. The van der Waals surface area contributed by atoms with Gasteiger partial charge in [0.1, 0.15) is 5.75 Å². The van der Waals surface area contributed by atoms with E-state index in [9.17, 15) is 10.2 Å². The Labute approximate surface area is 176 Å². The van der Waals surface area contributed by atoms with Crippen molar-refractivity contribution in [2.45, 2.75) is 31.6 Å². The van der Waals surface area contributed by atoms with Gasteiger partial charge in [0.25, 0.3) is 0 Å². The topological polar surface area (TPSA) is 74.6 Å². The fraction of sp³-hybridized carbons (Fsp3) is 0.421. The number of nitrogens with zero attached hydrogens (tertiary/aromatic N) is 1. The normalized spacial score (nSPS) is 24.0. The molecule has 0 amide bonds. The first kappa shape index (κ1) is 24.0. The number of nitrogens with one attached hydrogen (secondary N) is 1. The number of ether oxygens (including phenoxy) is 1.